The monoisotopic (exact) mass is 918 g/mol. The Morgan fingerprint density at radius 2 is 0.542 bits per heavy atom. The predicted molar refractivity (Wildman–Crippen MR) is 298 cm³/mol. The quantitative estimate of drug-likeness (QED) is 0.177. The lowest BCUT2D eigenvalue weighted by atomic mass is 10.1. The largest absolute Gasteiger partial charge is 0.456 e. The third-order valence-corrected chi connectivity index (χ3v) is 15.5. The van der Waals surface area contributed by atoms with Crippen LogP contribution in [0.1, 0.15) is 0 Å². The summed E-state index contributed by atoms with van der Waals surface area (Å²) in [6.07, 6.45) is 0. The van der Waals surface area contributed by atoms with E-state index in [4.69, 9.17) is 8.83 Å². The molecule has 0 bridgehead atoms. The summed E-state index contributed by atoms with van der Waals surface area (Å²) in [5.41, 5.74) is 17.3. The molecule has 0 aliphatic heterocycles. The van der Waals surface area contributed by atoms with Crippen molar-refractivity contribution in [3.8, 4) is 22.7 Å². The summed E-state index contributed by atoms with van der Waals surface area (Å²) in [5, 5.41) is 14.2. The van der Waals surface area contributed by atoms with Gasteiger partial charge in [-0.15, -0.1) is 0 Å². The number of benzene rings is 11. The predicted octanol–water partition coefficient (Wildman–Crippen LogP) is 17.9. The molecule has 72 heavy (non-hydrogen) atoms. The molecule has 0 spiro atoms. The van der Waals surface area contributed by atoms with E-state index in [2.05, 4.69) is 225 Å². The lowest BCUT2D eigenvalue weighted by molar-refractivity contribution is 0.668. The Labute approximate surface area is 409 Å². The molecule has 0 saturated heterocycles. The van der Waals surface area contributed by atoms with E-state index in [1.54, 1.807) is 0 Å². The van der Waals surface area contributed by atoms with Crippen molar-refractivity contribution in [1.82, 2.24) is 18.3 Å². The molecular weight excluding hydrogens is 881 g/mol. The molecule has 0 atom stereocenters. The fourth-order valence-electron chi connectivity index (χ4n) is 12.6. The van der Waals surface area contributed by atoms with E-state index >= 15 is 0 Å². The molecule has 0 fully saturated rings. The molecule has 0 aliphatic carbocycles. The molecule has 0 N–H and O–H groups in total. The summed E-state index contributed by atoms with van der Waals surface area (Å²) < 4.78 is 22.4. The van der Waals surface area contributed by atoms with E-state index < -0.39 is 0 Å². The number of rotatable bonds is 4. The van der Waals surface area contributed by atoms with Crippen molar-refractivity contribution in [2.24, 2.45) is 0 Å². The molecule has 0 unspecified atom stereocenters. The minimum atomic E-state index is 0.889. The Kier molecular flexibility index (Phi) is 7.38. The summed E-state index contributed by atoms with van der Waals surface area (Å²) in [5.74, 6) is 0. The van der Waals surface area contributed by atoms with Gasteiger partial charge < -0.3 is 27.1 Å². The second-order valence-electron chi connectivity index (χ2n) is 19.2. The molecule has 6 heteroatoms. The standard InChI is InChI=1S/C66H38N4O2/c1-7-19-53-43(13-1)47-32-34-58-64(50-18-4-10-22-56(50)68(58)41-29-35-61-51(37-41)45-15-5-11-23-59(45)71-61)65(47)69(53)40-27-25-39(26-28-40)67-55-21-9-3-17-49(55)63-57(67)33-31-48-44-14-2-8-20-54(44)70(66(48)63)42-30-36-62-52(38-42)46-16-6-12-24-60(46)72-62/h1-38H. The van der Waals surface area contributed by atoms with Gasteiger partial charge in [0.05, 0.1) is 44.1 Å². The van der Waals surface area contributed by atoms with Gasteiger partial charge in [0.1, 0.15) is 22.3 Å². The van der Waals surface area contributed by atoms with Gasteiger partial charge in [-0.3, -0.25) is 0 Å². The zero-order valence-electron chi connectivity index (χ0n) is 38.5. The molecule has 6 aromatic heterocycles. The first kappa shape index (κ1) is 38.1. The normalized spacial score (nSPS) is 12.4. The molecule has 11 aromatic carbocycles. The lowest BCUT2D eigenvalue weighted by Gasteiger charge is -2.13. The summed E-state index contributed by atoms with van der Waals surface area (Å²) in [6, 6.07) is 83.7. The van der Waals surface area contributed by atoms with Crippen molar-refractivity contribution in [1.29, 1.82) is 0 Å². The third-order valence-electron chi connectivity index (χ3n) is 15.5. The van der Waals surface area contributed by atoms with Crippen LogP contribution in [0.25, 0.3) is 154 Å². The minimum absolute atomic E-state index is 0.889. The molecule has 0 aliphatic rings. The second kappa shape index (κ2) is 13.9. The average molecular weight is 919 g/mol. The van der Waals surface area contributed by atoms with Crippen molar-refractivity contribution in [2.75, 3.05) is 0 Å². The summed E-state index contributed by atoms with van der Waals surface area (Å²) in [4.78, 5) is 0. The fraction of sp³-hybridized carbons (Fsp3) is 0. The molecule has 6 heterocycles. The van der Waals surface area contributed by atoms with Crippen LogP contribution in [0, 0.1) is 0 Å². The summed E-state index contributed by atoms with van der Waals surface area (Å²) in [7, 11) is 0. The third kappa shape index (κ3) is 4.97. The first-order valence-electron chi connectivity index (χ1n) is 24.6. The van der Waals surface area contributed by atoms with E-state index in [9.17, 15) is 0 Å². The Bertz CT molecular complexity index is 5170. The Morgan fingerprint density at radius 1 is 0.208 bits per heavy atom. The van der Waals surface area contributed by atoms with Crippen LogP contribution in [0.4, 0.5) is 0 Å². The highest BCUT2D eigenvalue weighted by molar-refractivity contribution is 6.28. The van der Waals surface area contributed by atoms with Crippen LogP contribution in [0.3, 0.4) is 0 Å². The van der Waals surface area contributed by atoms with Crippen molar-refractivity contribution >= 4 is 131 Å². The highest BCUT2D eigenvalue weighted by Gasteiger charge is 2.24. The lowest BCUT2D eigenvalue weighted by Crippen LogP contribution is -1.98. The zero-order valence-corrected chi connectivity index (χ0v) is 38.5. The number of hydrogen-bond acceptors (Lipinski definition) is 2. The number of nitrogens with zero attached hydrogens (tertiary/aromatic N) is 4. The molecule has 17 aromatic rings. The van der Waals surface area contributed by atoms with Crippen molar-refractivity contribution in [2.45, 2.75) is 0 Å². The Morgan fingerprint density at radius 3 is 1.03 bits per heavy atom. The van der Waals surface area contributed by atoms with Gasteiger partial charge in [-0.25, -0.2) is 0 Å². The van der Waals surface area contributed by atoms with Gasteiger partial charge in [0, 0.05) is 87.4 Å². The highest BCUT2D eigenvalue weighted by Crippen LogP contribution is 2.45. The maximum Gasteiger partial charge on any atom is 0.135 e. The van der Waals surface area contributed by atoms with Gasteiger partial charge in [0.2, 0.25) is 0 Å². The molecule has 334 valence electrons. The average Bonchev–Trinajstić information content (AvgIpc) is 4.28. The van der Waals surface area contributed by atoms with Crippen molar-refractivity contribution in [3.63, 3.8) is 0 Å². The van der Waals surface area contributed by atoms with Crippen LogP contribution in [-0.4, -0.2) is 18.3 Å². The van der Waals surface area contributed by atoms with E-state index in [1.165, 1.54) is 65.2 Å². The van der Waals surface area contributed by atoms with E-state index in [0.29, 0.717) is 0 Å². The van der Waals surface area contributed by atoms with Gasteiger partial charge in [-0.05, 0) is 109 Å². The van der Waals surface area contributed by atoms with Crippen molar-refractivity contribution < 1.29 is 8.83 Å². The highest BCUT2D eigenvalue weighted by atomic mass is 16.3. The molecule has 6 nitrogen and oxygen atoms in total. The molecule has 0 saturated carbocycles. The topological polar surface area (TPSA) is 46.0 Å². The number of fused-ring (bicyclic) bond motifs is 20. The second-order valence-corrected chi connectivity index (χ2v) is 19.2. The van der Waals surface area contributed by atoms with Gasteiger partial charge in [0.25, 0.3) is 0 Å². The van der Waals surface area contributed by atoms with E-state index in [1.807, 2.05) is 24.3 Å². The fourth-order valence-corrected chi connectivity index (χ4v) is 12.6. The molecular formula is C66H38N4O2. The molecule has 17 rings (SSSR count). The maximum absolute atomic E-state index is 6.31. The maximum atomic E-state index is 6.31. The Balaban J connectivity index is 0.886. The van der Waals surface area contributed by atoms with Gasteiger partial charge in [-0.1, -0.05) is 121 Å². The molecule has 0 radical (unpaired) electrons. The van der Waals surface area contributed by atoms with E-state index in [0.717, 1.165) is 88.7 Å². The van der Waals surface area contributed by atoms with Crippen LogP contribution < -0.4 is 0 Å². The number of hydrogen-bond donors (Lipinski definition) is 0. The Hall–Kier alpha value is -9.78. The van der Waals surface area contributed by atoms with Crippen LogP contribution in [0.2, 0.25) is 0 Å². The molecule has 0 amide bonds. The summed E-state index contributed by atoms with van der Waals surface area (Å²) >= 11 is 0. The van der Waals surface area contributed by atoms with Crippen LogP contribution in [0.15, 0.2) is 239 Å². The number of aromatic nitrogens is 4. The van der Waals surface area contributed by atoms with Crippen LogP contribution in [0.5, 0.6) is 0 Å². The number of para-hydroxylation sites is 6. The van der Waals surface area contributed by atoms with Gasteiger partial charge >= 0.3 is 0 Å². The van der Waals surface area contributed by atoms with Crippen LogP contribution in [-0.2, 0) is 0 Å². The number of furan rings is 2. The van der Waals surface area contributed by atoms with Gasteiger partial charge in [-0.2, -0.15) is 0 Å². The smallest absolute Gasteiger partial charge is 0.135 e. The van der Waals surface area contributed by atoms with Crippen LogP contribution >= 0.6 is 0 Å². The summed E-state index contributed by atoms with van der Waals surface area (Å²) in [6.45, 7) is 0. The van der Waals surface area contributed by atoms with E-state index in [-0.39, 0.29) is 0 Å². The first-order chi connectivity index (χ1) is 35.7. The van der Waals surface area contributed by atoms with Crippen molar-refractivity contribution in [3.05, 3.63) is 231 Å². The first-order valence-corrected chi connectivity index (χ1v) is 24.6. The SMILES string of the molecule is c1ccc2c(c1)oc1ccc(-n3c4ccccc4c4c3ccc3c5ccccc5n(-c5ccc(-n6c7ccccc7c7c6ccc6c8ccccc8n(-c8ccc9oc%10ccccc%10c9c8)c67)cc5)c34)cc12. The van der Waals surface area contributed by atoms with Gasteiger partial charge in [0.15, 0.2) is 0 Å². The minimum Gasteiger partial charge on any atom is -0.456 e. The zero-order chi connectivity index (χ0) is 46.8.